The van der Waals surface area contributed by atoms with Crippen LogP contribution in [0.4, 0.5) is 0 Å². The number of cyclic esters (lactones) is 2. The molecule has 0 aromatic rings. The van der Waals surface area contributed by atoms with Crippen LogP contribution in [-0.2, 0) is 14.3 Å². The van der Waals surface area contributed by atoms with Gasteiger partial charge in [0.05, 0.1) is 11.3 Å². The highest BCUT2D eigenvalue weighted by molar-refractivity contribution is 5.99. The number of esters is 2. The van der Waals surface area contributed by atoms with Gasteiger partial charge in [-0.2, -0.15) is 0 Å². The van der Waals surface area contributed by atoms with Crippen molar-refractivity contribution in [2.45, 2.75) is 39.5 Å². The third kappa shape index (κ3) is 1.41. The maximum absolute atomic E-state index is 12.0. The molecule has 0 spiro atoms. The van der Waals surface area contributed by atoms with Gasteiger partial charge in [-0.3, -0.25) is 9.59 Å². The molecule has 2 rings (SSSR count). The van der Waals surface area contributed by atoms with Crippen LogP contribution in [0.25, 0.3) is 0 Å². The second kappa shape index (κ2) is 4.04. The highest BCUT2D eigenvalue weighted by Crippen LogP contribution is 2.49. The summed E-state index contributed by atoms with van der Waals surface area (Å²) in [6.45, 7) is 3.79. The molecule has 1 saturated heterocycles. The van der Waals surface area contributed by atoms with Crippen molar-refractivity contribution in [3.63, 3.8) is 0 Å². The normalized spacial score (nSPS) is 38.9. The van der Waals surface area contributed by atoms with Gasteiger partial charge < -0.3 is 4.74 Å². The van der Waals surface area contributed by atoms with E-state index in [4.69, 9.17) is 4.74 Å². The van der Waals surface area contributed by atoms with Crippen LogP contribution in [-0.4, -0.2) is 11.9 Å². The zero-order valence-corrected chi connectivity index (χ0v) is 9.86. The van der Waals surface area contributed by atoms with Crippen LogP contribution < -0.4 is 0 Å². The minimum Gasteiger partial charge on any atom is -0.392 e. The highest BCUT2D eigenvalue weighted by atomic mass is 16.6. The quantitative estimate of drug-likeness (QED) is 0.409. The van der Waals surface area contributed by atoms with Crippen molar-refractivity contribution in [1.29, 1.82) is 0 Å². The van der Waals surface area contributed by atoms with Crippen molar-refractivity contribution < 1.29 is 14.3 Å². The van der Waals surface area contributed by atoms with E-state index in [9.17, 15) is 9.59 Å². The fourth-order valence-corrected chi connectivity index (χ4v) is 3.09. The lowest BCUT2D eigenvalue weighted by Gasteiger charge is -2.35. The average molecular weight is 222 g/mol. The lowest BCUT2D eigenvalue weighted by molar-refractivity contribution is -0.156. The first-order valence-corrected chi connectivity index (χ1v) is 6.05. The molecule has 3 atom stereocenters. The zero-order valence-electron chi connectivity index (χ0n) is 9.86. The maximum atomic E-state index is 12.0. The molecule has 0 aromatic carbocycles. The summed E-state index contributed by atoms with van der Waals surface area (Å²) in [6.07, 6.45) is 8.05. The standard InChI is InChI=1S/C13H18O3/c1-3-13(10-7-5-4-6-8-10)9(2)11(14)16-12(13)15/h5,7,9-10H,3-4,6,8H2,1-2H3. The van der Waals surface area contributed by atoms with Crippen molar-refractivity contribution in [3.05, 3.63) is 12.2 Å². The van der Waals surface area contributed by atoms with Crippen molar-refractivity contribution in [1.82, 2.24) is 0 Å². The molecule has 0 bridgehead atoms. The number of carbonyl (C=O) groups excluding carboxylic acids is 2. The predicted molar refractivity (Wildman–Crippen MR) is 59.5 cm³/mol. The summed E-state index contributed by atoms with van der Waals surface area (Å²) in [6, 6.07) is 0. The first-order valence-electron chi connectivity index (χ1n) is 6.05. The predicted octanol–water partition coefficient (Wildman–Crippen LogP) is 2.46. The third-order valence-electron chi connectivity index (χ3n) is 4.20. The molecule has 1 aliphatic carbocycles. The number of ether oxygens (including phenoxy) is 1. The van der Waals surface area contributed by atoms with Gasteiger partial charge >= 0.3 is 11.9 Å². The Morgan fingerprint density at radius 2 is 2.25 bits per heavy atom. The first-order chi connectivity index (χ1) is 7.63. The van der Waals surface area contributed by atoms with Gasteiger partial charge in [0.25, 0.3) is 0 Å². The van der Waals surface area contributed by atoms with Gasteiger partial charge in [-0.15, -0.1) is 0 Å². The molecular weight excluding hydrogens is 204 g/mol. The van der Waals surface area contributed by atoms with Crippen molar-refractivity contribution >= 4 is 11.9 Å². The summed E-state index contributed by atoms with van der Waals surface area (Å²) in [7, 11) is 0. The molecule has 0 amide bonds. The molecule has 88 valence electrons. The van der Waals surface area contributed by atoms with E-state index in [2.05, 4.69) is 12.2 Å². The number of hydrogen-bond donors (Lipinski definition) is 0. The van der Waals surface area contributed by atoms with Crippen molar-refractivity contribution in [2.24, 2.45) is 17.3 Å². The van der Waals surface area contributed by atoms with Crippen LogP contribution in [0.2, 0.25) is 0 Å². The van der Waals surface area contributed by atoms with Gasteiger partial charge in [0, 0.05) is 0 Å². The van der Waals surface area contributed by atoms with Gasteiger partial charge in [0.15, 0.2) is 0 Å². The van der Waals surface area contributed by atoms with E-state index in [0.29, 0.717) is 6.42 Å². The number of hydrogen-bond acceptors (Lipinski definition) is 3. The molecule has 16 heavy (non-hydrogen) atoms. The van der Waals surface area contributed by atoms with Gasteiger partial charge in [-0.05, 0) is 31.6 Å². The van der Waals surface area contributed by atoms with E-state index < -0.39 is 5.41 Å². The largest absolute Gasteiger partial charge is 0.392 e. The Balaban J connectivity index is 2.37. The Morgan fingerprint density at radius 3 is 2.69 bits per heavy atom. The van der Waals surface area contributed by atoms with Crippen LogP contribution in [0.15, 0.2) is 12.2 Å². The third-order valence-corrected chi connectivity index (χ3v) is 4.20. The molecule has 1 heterocycles. The fourth-order valence-electron chi connectivity index (χ4n) is 3.09. The second-order valence-corrected chi connectivity index (χ2v) is 4.79. The van der Waals surface area contributed by atoms with Crippen LogP contribution in [0.5, 0.6) is 0 Å². The zero-order chi connectivity index (χ0) is 11.8. The van der Waals surface area contributed by atoms with E-state index in [1.54, 1.807) is 0 Å². The fraction of sp³-hybridized carbons (Fsp3) is 0.692. The molecule has 0 aromatic heterocycles. The Kier molecular flexibility index (Phi) is 2.87. The Labute approximate surface area is 95.9 Å². The summed E-state index contributed by atoms with van der Waals surface area (Å²) in [5, 5.41) is 0. The van der Waals surface area contributed by atoms with E-state index in [-0.39, 0.29) is 23.8 Å². The summed E-state index contributed by atoms with van der Waals surface area (Å²) < 4.78 is 4.82. The minimum atomic E-state index is -0.603. The Morgan fingerprint density at radius 1 is 1.50 bits per heavy atom. The molecular formula is C13H18O3. The number of carbonyl (C=O) groups is 2. The average Bonchev–Trinajstić information content (AvgIpc) is 2.52. The van der Waals surface area contributed by atoms with Gasteiger partial charge in [0.1, 0.15) is 0 Å². The minimum absolute atomic E-state index is 0.167. The molecule has 3 unspecified atom stereocenters. The van der Waals surface area contributed by atoms with E-state index in [1.807, 2.05) is 13.8 Å². The van der Waals surface area contributed by atoms with E-state index >= 15 is 0 Å². The number of allylic oxidation sites excluding steroid dienone is 2. The second-order valence-electron chi connectivity index (χ2n) is 4.79. The van der Waals surface area contributed by atoms with Crippen LogP contribution >= 0.6 is 0 Å². The molecule has 3 nitrogen and oxygen atoms in total. The maximum Gasteiger partial charge on any atom is 0.321 e. The lowest BCUT2D eigenvalue weighted by Crippen LogP contribution is -2.39. The summed E-state index contributed by atoms with van der Waals surface area (Å²) in [4.78, 5) is 23.5. The molecule has 3 heteroatoms. The Bertz CT molecular complexity index is 345. The number of rotatable bonds is 2. The van der Waals surface area contributed by atoms with Gasteiger partial charge in [-0.25, -0.2) is 0 Å². The lowest BCUT2D eigenvalue weighted by atomic mass is 9.64. The van der Waals surface area contributed by atoms with E-state index in [0.717, 1.165) is 19.3 Å². The molecule has 0 saturated carbocycles. The topological polar surface area (TPSA) is 43.4 Å². The Hall–Kier alpha value is -1.12. The van der Waals surface area contributed by atoms with Crippen LogP contribution in [0.1, 0.15) is 39.5 Å². The first kappa shape index (κ1) is 11.4. The molecule has 1 fully saturated rings. The van der Waals surface area contributed by atoms with Crippen LogP contribution in [0, 0.1) is 17.3 Å². The van der Waals surface area contributed by atoms with Crippen molar-refractivity contribution in [2.75, 3.05) is 0 Å². The summed E-state index contributed by atoms with van der Waals surface area (Å²) in [5.74, 6) is -0.812. The monoisotopic (exact) mass is 222 g/mol. The SMILES string of the molecule is CCC1(C2C=CCCC2)C(=O)OC(=O)C1C. The van der Waals surface area contributed by atoms with Crippen LogP contribution in [0.3, 0.4) is 0 Å². The smallest absolute Gasteiger partial charge is 0.321 e. The summed E-state index contributed by atoms with van der Waals surface area (Å²) in [5.41, 5.74) is -0.603. The van der Waals surface area contributed by atoms with Gasteiger partial charge in [-0.1, -0.05) is 26.0 Å². The molecule has 1 aliphatic heterocycles. The van der Waals surface area contributed by atoms with E-state index in [1.165, 1.54) is 0 Å². The van der Waals surface area contributed by atoms with Gasteiger partial charge in [0.2, 0.25) is 0 Å². The highest BCUT2D eigenvalue weighted by Gasteiger charge is 2.57. The molecule has 2 aliphatic rings. The molecule has 0 N–H and O–H groups in total. The van der Waals surface area contributed by atoms with Crippen molar-refractivity contribution in [3.8, 4) is 0 Å². The summed E-state index contributed by atoms with van der Waals surface area (Å²) >= 11 is 0. The molecule has 0 radical (unpaired) electrons.